The van der Waals surface area contributed by atoms with Gasteiger partial charge < -0.3 is 14.6 Å². The van der Waals surface area contributed by atoms with E-state index in [9.17, 15) is 9.59 Å². The quantitative estimate of drug-likeness (QED) is 0.668. The number of carbonyl (C=O) groups is 2. The topological polar surface area (TPSA) is 98.6 Å². The maximum atomic E-state index is 11.8. The predicted molar refractivity (Wildman–Crippen MR) is 64.8 cm³/mol. The molecule has 98 valence electrons. The number of aromatic carboxylic acids is 1. The number of carboxylic acids is 1. The molecule has 2 aromatic rings. The third-order valence-electron chi connectivity index (χ3n) is 2.15. The van der Waals surface area contributed by atoms with Gasteiger partial charge in [-0.2, -0.15) is 0 Å². The first-order valence-electron chi connectivity index (χ1n) is 5.03. The molecule has 2 rings (SSSR count). The molecule has 0 spiro atoms. The zero-order valence-corrected chi connectivity index (χ0v) is 10.5. The number of esters is 1. The number of ether oxygens (including phenoxy) is 2. The van der Waals surface area contributed by atoms with Gasteiger partial charge in [-0.1, -0.05) is 4.49 Å². The molecular formula is C11H8N2O5S. The van der Waals surface area contributed by atoms with Crippen LogP contribution < -0.4 is 9.47 Å². The lowest BCUT2D eigenvalue weighted by atomic mass is 10.3. The standard InChI is InChI=1S/C11H8N2O5S/c1-17-6-2-4-7(5-3-6)18-11(16)9-8(10(14)15)12-13-19-9/h2-5H,1H3,(H,14,15). The molecule has 1 N–H and O–H groups in total. The molecule has 0 saturated heterocycles. The Bertz CT molecular complexity index is 608. The van der Waals surface area contributed by atoms with Crippen molar-refractivity contribution in [2.75, 3.05) is 7.11 Å². The number of nitrogens with zero attached hydrogens (tertiary/aromatic N) is 2. The van der Waals surface area contributed by atoms with Crippen LogP contribution in [0.2, 0.25) is 0 Å². The number of rotatable bonds is 4. The molecule has 0 radical (unpaired) electrons. The van der Waals surface area contributed by atoms with Crippen molar-refractivity contribution >= 4 is 23.5 Å². The number of methoxy groups -OCH3 is 1. The van der Waals surface area contributed by atoms with Crippen LogP contribution in [-0.2, 0) is 0 Å². The second kappa shape index (κ2) is 5.44. The van der Waals surface area contributed by atoms with Gasteiger partial charge in [0.25, 0.3) is 0 Å². The van der Waals surface area contributed by atoms with Crippen molar-refractivity contribution in [1.82, 2.24) is 9.59 Å². The van der Waals surface area contributed by atoms with E-state index in [1.165, 1.54) is 19.2 Å². The van der Waals surface area contributed by atoms with Gasteiger partial charge >= 0.3 is 11.9 Å². The van der Waals surface area contributed by atoms with Gasteiger partial charge in [0.1, 0.15) is 11.5 Å². The van der Waals surface area contributed by atoms with Gasteiger partial charge in [-0.15, -0.1) is 5.10 Å². The van der Waals surface area contributed by atoms with Gasteiger partial charge in [-0.25, -0.2) is 9.59 Å². The molecule has 0 amide bonds. The summed E-state index contributed by atoms with van der Waals surface area (Å²) in [6.45, 7) is 0. The Morgan fingerprint density at radius 2 is 1.84 bits per heavy atom. The molecule has 0 aliphatic carbocycles. The van der Waals surface area contributed by atoms with Gasteiger partial charge in [0, 0.05) is 0 Å². The fourth-order valence-corrected chi connectivity index (χ4v) is 1.80. The van der Waals surface area contributed by atoms with Crippen LogP contribution in [-0.4, -0.2) is 33.7 Å². The van der Waals surface area contributed by atoms with E-state index in [1.54, 1.807) is 12.1 Å². The molecular weight excluding hydrogens is 272 g/mol. The Labute approximate surface area is 111 Å². The van der Waals surface area contributed by atoms with E-state index < -0.39 is 17.6 Å². The molecule has 0 aliphatic heterocycles. The fourth-order valence-electron chi connectivity index (χ4n) is 1.26. The van der Waals surface area contributed by atoms with Crippen molar-refractivity contribution in [3.63, 3.8) is 0 Å². The van der Waals surface area contributed by atoms with Crippen molar-refractivity contribution in [2.45, 2.75) is 0 Å². The first-order chi connectivity index (χ1) is 9.11. The largest absolute Gasteiger partial charge is 0.497 e. The van der Waals surface area contributed by atoms with Crippen LogP contribution in [0.1, 0.15) is 20.2 Å². The lowest BCUT2D eigenvalue weighted by Gasteiger charge is -2.04. The summed E-state index contributed by atoms with van der Waals surface area (Å²) in [5.74, 6) is -1.24. The average molecular weight is 280 g/mol. The second-order valence-electron chi connectivity index (χ2n) is 3.32. The highest BCUT2D eigenvalue weighted by atomic mass is 32.1. The highest BCUT2D eigenvalue weighted by Gasteiger charge is 2.23. The van der Waals surface area contributed by atoms with E-state index in [-0.39, 0.29) is 10.6 Å². The average Bonchev–Trinajstić information content (AvgIpc) is 2.89. The Kier molecular flexibility index (Phi) is 3.71. The lowest BCUT2D eigenvalue weighted by molar-refractivity contribution is 0.0665. The third-order valence-corrected chi connectivity index (χ3v) is 2.85. The second-order valence-corrected chi connectivity index (χ2v) is 4.07. The molecule has 1 aromatic carbocycles. The van der Waals surface area contributed by atoms with E-state index in [1.807, 2.05) is 0 Å². The van der Waals surface area contributed by atoms with E-state index in [4.69, 9.17) is 14.6 Å². The SMILES string of the molecule is COc1ccc(OC(=O)c2snnc2C(=O)O)cc1. The number of hydrogen-bond donors (Lipinski definition) is 1. The van der Waals surface area contributed by atoms with Gasteiger partial charge in [0.05, 0.1) is 7.11 Å². The number of aromatic nitrogens is 2. The van der Waals surface area contributed by atoms with Crippen molar-refractivity contribution in [2.24, 2.45) is 0 Å². The minimum Gasteiger partial charge on any atom is -0.497 e. The van der Waals surface area contributed by atoms with Gasteiger partial charge in [0.2, 0.25) is 0 Å². The van der Waals surface area contributed by atoms with Gasteiger partial charge in [0.15, 0.2) is 10.6 Å². The lowest BCUT2D eigenvalue weighted by Crippen LogP contribution is -2.12. The van der Waals surface area contributed by atoms with Crippen molar-refractivity contribution in [1.29, 1.82) is 0 Å². The normalized spacial score (nSPS) is 9.95. The summed E-state index contributed by atoms with van der Waals surface area (Å²) < 4.78 is 13.4. The molecule has 8 heteroatoms. The molecule has 1 aromatic heterocycles. The van der Waals surface area contributed by atoms with E-state index in [2.05, 4.69) is 9.59 Å². The Morgan fingerprint density at radius 3 is 2.42 bits per heavy atom. The van der Waals surface area contributed by atoms with E-state index >= 15 is 0 Å². The summed E-state index contributed by atoms with van der Waals surface area (Å²) in [4.78, 5) is 22.4. The fraction of sp³-hybridized carbons (Fsp3) is 0.0909. The smallest absolute Gasteiger partial charge is 0.358 e. The van der Waals surface area contributed by atoms with Crippen LogP contribution in [0.5, 0.6) is 11.5 Å². The summed E-state index contributed by atoms with van der Waals surface area (Å²) in [5.41, 5.74) is -0.413. The van der Waals surface area contributed by atoms with Crippen LogP contribution in [0.25, 0.3) is 0 Å². The third kappa shape index (κ3) is 2.86. The summed E-state index contributed by atoms with van der Waals surface area (Å²) in [5, 5.41) is 12.2. The minimum absolute atomic E-state index is 0.150. The Hall–Kier alpha value is -2.48. The molecule has 0 bridgehead atoms. The molecule has 0 saturated carbocycles. The zero-order valence-electron chi connectivity index (χ0n) is 9.69. The zero-order chi connectivity index (χ0) is 13.8. The highest BCUT2D eigenvalue weighted by Crippen LogP contribution is 2.19. The number of benzene rings is 1. The molecule has 1 heterocycles. The summed E-state index contributed by atoms with van der Waals surface area (Å²) in [6, 6.07) is 6.30. The highest BCUT2D eigenvalue weighted by molar-refractivity contribution is 7.08. The molecule has 0 fully saturated rings. The van der Waals surface area contributed by atoms with Gasteiger partial charge in [-0.05, 0) is 35.8 Å². The monoisotopic (exact) mass is 280 g/mol. The Balaban J connectivity index is 2.16. The molecule has 0 atom stereocenters. The van der Waals surface area contributed by atoms with Gasteiger partial charge in [-0.3, -0.25) is 0 Å². The van der Waals surface area contributed by atoms with Crippen molar-refractivity contribution < 1.29 is 24.2 Å². The molecule has 19 heavy (non-hydrogen) atoms. The first-order valence-corrected chi connectivity index (χ1v) is 5.81. The van der Waals surface area contributed by atoms with Crippen LogP contribution >= 0.6 is 11.5 Å². The first kappa shape index (κ1) is 13.0. The van der Waals surface area contributed by atoms with Crippen LogP contribution in [0.15, 0.2) is 24.3 Å². The molecule has 0 unspecified atom stereocenters. The van der Waals surface area contributed by atoms with Crippen molar-refractivity contribution in [3.8, 4) is 11.5 Å². The van der Waals surface area contributed by atoms with E-state index in [0.29, 0.717) is 17.3 Å². The van der Waals surface area contributed by atoms with Crippen LogP contribution in [0.3, 0.4) is 0 Å². The number of hydrogen-bond acceptors (Lipinski definition) is 7. The summed E-state index contributed by atoms with van der Waals surface area (Å²) >= 11 is 0.672. The van der Waals surface area contributed by atoms with Crippen LogP contribution in [0.4, 0.5) is 0 Å². The minimum atomic E-state index is -1.32. The maximum absolute atomic E-state index is 11.8. The predicted octanol–water partition coefficient (Wildman–Crippen LogP) is 1.46. The summed E-state index contributed by atoms with van der Waals surface area (Å²) in [6.07, 6.45) is 0. The maximum Gasteiger partial charge on any atom is 0.358 e. The molecule has 0 aliphatic rings. The van der Waals surface area contributed by atoms with E-state index in [0.717, 1.165) is 0 Å². The molecule has 7 nitrogen and oxygen atoms in total. The number of carbonyl (C=O) groups excluding carboxylic acids is 1. The number of carboxylic acid groups (broad SMARTS) is 1. The Morgan fingerprint density at radius 1 is 1.21 bits per heavy atom. The summed E-state index contributed by atoms with van der Waals surface area (Å²) in [7, 11) is 1.52. The van der Waals surface area contributed by atoms with Crippen molar-refractivity contribution in [3.05, 3.63) is 34.8 Å². The van der Waals surface area contributed by atoms with Crippen LogP contribution in [0, 0.1) is 0 Å².